The van der Waals surface area contributed by atoms with Gasteiger partial charge in [0.1, 0.15) is 24.6 Å². The van der Waals surface area contributed by atoms with E-state index in [0.29, 0.717) is 0 Å². The fourth-order valence-corrected chi connectivity index (χ4v) is 3.19. The Labute approximate surface area is 195 Å². The first-order valence-corrected chi connectivity index (χ1v) is 10.5. The molecule has 0 N–H and O–H groups in total. The summed E-state index contributed by atoms with van der Waals surface area (Å²) in [5, 5.41) is 0. The molecule has 2 rings (SSSR count). The van der Waals surface area contributed by atoms with Crippen molar-refractivity contribution < 1.29 is 52.0 Å². The van der Waals surface area contributed by atoms with Gasteiger partial charge in [-0.05, 0) is 19.1 Å². The minimum Gasteiger partial charge on any atom is -0.463 e. The van der Waals surface area contributed by atoms with Crippen LogP contribution in [0.2, 0.25) is 0 Å². The van der Waals surface area contributed by atoms with Gasteiger partial charge >= 0.3 is 23.9 Å². The topological polar surface area (TPSA) is 124 Å². The quantitative estimate of drug-likeness (QED) is 0.224. The van der Waals surface area contributed by atoms with Gasteiger partial charge in [0.15, 0.2) is 6.10 Å². The number of carbonyl (C=O) groups is 4. The SMILES string of the molecule is CCOC(=O)/C(=C/c1ccccc1F)OC1CC(OC(C)=O)C(OC(C)=O)C(COC(C)=O)O1. The average molecular weight is 482 g/mol. The van der Waals surface area contributed by atoms with Crippen LogP contribution in [0.1, 0.15) is 39.7 Å². The molecule has 1 saturated heterocycles. The third kappa shape index (κ3) is 8.14. The molecular weight excluding hydrogens is 455 g/mol. The maximum absolute atomic E-state index is 14.2. The minimum atomic E-state index is -1.22. The Balaban J connectivity index is 2.36. The molecule has 0 spiro atoms. The molecule has 0 aliphatic carbocycles. The Morgan fingerprint density at radius 3 is 2.26 bits per heavy atom. The van der Waals surface area contributed by atoms with Gasteiger partial charge in [-0.2, -0.15) is 0 Å². The van der Waals surface area contributed by atoms with Gasteiger partial charge in [0.2, 0.25) is 12.0 Å². The highest BCUT2D eigenvalue weighted by Crippen LogP contribution is 2.29. The summed E-state index contributed by atoms with van der Waals surface area (Å²) < 4.78 is 46.2. The molecule has 1 heterocycles. The summed E-state index contributed by atoms with van der Waals surface area (Å²) in [6.07, 6.45) is -3.47. The van der Waals surface area contributed by atoms with E-state index in [9.17, 15) is 23.6 Å². The predicted molar refractivity (Wildman–Crippen MR) is 113 cm³/mol. The summed E-state index contributed by atoms with van der Waals surface area (Å²) in [4.78, 5) is 47.1. The van der Waals surface area contributed by atoms with Crippen LogP contribution in [0.4, 0.5) is 4.39 Å². The van der Waals surface area contributed by atoms with Crippen molar-refractivity contribution in [1.82, 2.24) is 0 Å². The second-order valence-electron chi connectivity index (χ2n) is 7.23. The second-order valence-corrected chi connectivity index (χ2v) is 7.23. The molecular formula is C23H27FO10. The first-order chi connectivity index (χ1) is 16.1. The molecule has 0 saturated carbocycles. The van der Waals surface area contributed by atoms with E-state index in [2.05, 4.69) is 0 Å². The molecule has 1 fully saturated rings. The minimum absolute atomic E-state index is 0.0298. The zero-order valence-electron chi connectivity index (χ0n) is 19.3. The predicted octanol–water partition coefficient (Wildman–Crippen LogP) is 2.29. The zero-order chi connectivity index (χ0) is 25.3. The Morgan fingerprint density at radius 2 is 1.68 bits per heavy atom. The molecule has 1 aromatic rings. The average Bonchev–Trinajstić information content (AvgIpc) is 2.74. The Morgan fingerprint density at radius 1 is 1.00 bits per heavy atom. The van der Waals surface area contributed by atoms with E-state index in [1.807, 2.05) is 0 Å². The highest BCUT2D eigenvalue weighted by atomic mass is 19.1. The molecule has 10 nitrogen and oxygen atoms in total. The van der Waals surface area contributed by atoms with E-state index in [4.69, 9.17) is 28.4 Å². The van der Waals surface area contributed by atoms with Crippen molar-refractivity contribution in [1.29, 1.82) is 0 Å². The smallest absolute Gasteiger partial charge is 0.373 e. The van der Waals surface area contributed by atoms with E-state index in [-0.39, 0.29) is 31.0 Å². The molecule has 1 aliphatic rings. The summed E-state index contributed by atoms with van der Waals surface area (Å²) in [6, 6.07) is 5.70. The third-order valence-electron chi connectivity index (χ3n) is 4.48. The number of hydrogen-bond acceptors (Lipinski definition) is 10. The molecule has 34 heavy (non-hydrogen) atoms. The number of rotatable bonds is 9. The van der Waals surface area contributed by atoms with Crippen molar-refractivity contribution in [2.75, 3.05) is 13.2 Å². The van der Waals surface area contributed by atoms with Gasteiger partial charge in [0.25, 0.3) is 0 Å². The van der Waals surface area contributed by atoms with Gasteiger partial charge in [0, 0.05) is 26.3 Å². The van der Waals surface area contributed by atoms with Crippen LogP contribution in [-0.2, 0) is 47.6 Å². The summed E-state index contributed by atoms with van der Waals surface area (Å²) in [5.74, 6) is -3.80. The first kappa shape index (κ1) is 26.8. The lowest BCUT2D eigenvalue weighted by Gasteiger charge is -2.39. The number of esters is 4. The summed E-state index contributed by atoms with van der Waals surface area (Å²) in [7, 11) is 0. The van der Waals surface area contributed by atoms with Crippen LogP contribution in [0, 0.1) is 5.82 Å². The summed E-state index contributed by atoms with van der Waals surface area (Å²) in [6.45, 7) is 4.77. The van der Waals surface area contributed by atoms with Gasteiger partial charge in [-0.25, -0.2) is 9.18 Å². The Kier molecular flexibility index (Phi) is 9.99. The van der Waals surface area contributed by atoms with E-state index in [0.717, 1.165) is 13.0 Å². The van der Waals surface area contributed by atoms with Crippen LogP contribution in [-0.4, -0.2) is 61.7 Å². The largest absolute Gasteiger partial charge is 0.463 e. The lowest BCUT2D eigenvalue weighted by atomic mass is 10.0. The highest BCUT2D eigenvalue weighted by Gasteiger charge is 2.45. The van der Waals surface area contributed by atoms with Crippen molar-refractivity contribution in [2.45, 2.75) is 58.7 Å². The van der Waals surface area contributed by atoms with Gasteiger partial charge in [0.05, 0.1) is 13.0 Å². The van der Waals surface area contributed by atoms with Gasteiger partial charge < -0.3 is 28.4 Å². The van der Waals surface area contributed by atoms with E-state index in [1.54, 1.807) is 13.0 Å². The number of benzene rings is 1. The van der Waals surface area contributed by atoms with Crippen LogP contribution in [0.3, 0.4) is 0 Å². The maximum Gasteiger partial charge on any atom is 0.373 e. The van der Waals surface area contributed by atoms with Crippen molar-refractivity contribution >= 4 is 30.0 Å². The van der Waals surface area contributed by atoms with Gasteiger partial charge in [-0.1, -0.05) is 18.2 Å². The zero-order valence-corrected chi connectivity index (χ0v) is 19.3. The van der Waals surface area contributed by atoms with Crippen LogP contribution in [0.25, 0.3) is 6.08 Å². The van der Waals surface area contributed by atoms with Gasteiger partial charge in [-0.3, -0.25) is 14.4 Å². The molecule has 1 aromatic carbocycles. The normalized spacial score (nSPS) is 22.3. The molecule has 11 heteroatoms. The number of carbonyl (C=O) groups excluding carboxylic acids is 4. The highest BCUT2D eigenvalue weighted by molar-refractivity contribution is 5.91. The van der Waals surface area contributed by atoms with Gasteiger partial charge in [-0.15, -0.1) is 0 Å². The summed E-state index contributed by atoms with van der Waals surface area (Å²) in [5.41, 5.74) is 0.0622. The van der Waals surface area contributed by atoms with E-state index >= 15 is 0 Å². The van der Waals surface area contributed by atoms with Crippen LogP contribution in [0.5, 0.6) is 0 Å². The lowest BCUT2D eigenvalue weighted by Crippen LogP contribution is -2.54. The molecule has 1 aliphatic heterocycles. The summed E-state index contributed by atoms with van der Waals surface area (Å²) >= 11 is 0. The fraction of sp³-hybridized carbons (Fsp3) is 0.478. The van der Waals surface area contributed by atoms with Crippen molar-refractivity contribution in [3.63, 3.8) is 0 Å². The molecule has 0 aromatic heterocycles. The number of hydrogen-bond donors (Lipinski definition) is 0. The number of ether oxygens (including phenoxy) is 6. The van der Waals surface area contributed by atoms with E-state index < -0.39 is 54.3 Å². The molecule has 0 bridgehead atoms. The maximum atomic E-state index is 14.2. The monoisotopic (exact) mass is 482 g/mol. The lowest BCUT2D eigenvalue weighted by molar-refractivity contribution is -0.257. The third-order valence-corrected chi connectivity index (χ3v) is 4.48. The molecule has 186 valence electrons. The van der Waals surface area contributed by atoms with Crippen molar-refractivity contribution in [3.8, 4) is 0 Å². The Hall–Kier alpha value is -3.47. The molecule has 4 atom stereocenters. The molecule has 0 radical (unpaired) electrons. The number of halogens is 1. The molecule has 0 amide bonds. The molecule has 4 unspecified atom stereocenters. The second kappa shape index (κ2) is 12.7. The fourth-order valence-electron chi connectivity index (χ4n) is 3.19. The van der Waals surface area contributed by atoms with Crippen LogP contribution < -0.4 is 0 Å². The first-order valence-electron chi connectivity index (χ1n) is 10.5. The van der Waals surface area contributed by atoms with Crippen molar-refractivity contribution in [2.24, 2.45) is 0 Å². The van der Waals surface area contributed by atoms with Crippen molar-refractivity contribution in [3.05, 3.63) is 41.4 Å². The standard InChI is InChI=1S/C23H27FO10/c1-5-29-23(28)19(10-16-8-6-7-9-17(16)24)33-21-11-18(31-14(3)26)22(32-15(4)27)20(34-21)12-30-13(2)25/h6-10,18,20-22H,5,11-12H2,1-4H3/b19-10-. The van der Waals surface area contributed by atoms with Crippen LogP contribution >= 0.6 is 0 Å². The van der Waals surface area contributed by atoms with Crippen LogP contribution in [0.15, 0.2) is 30.0 Å². The Bertz CT molecular complexity index is 928. The van der Waals surface area contributed by atoms with E-state index in [1.165, 1.54) is 32.0 Å².